The zero-order valence-corrected chi connectivity index (χ0v) is 19.3. The van der Waals surface area contributed by atoms with Crippen LogP contribution < -0.4 is 14.2 Å². The molecule has 3 aromatic carbocycles. The van der Waals surface area contributed by atoms with Crippen molar-refractivity contribution in [2.75, 3.05) is 33.0 Å². The molecule has 1 amide bonds. The van der Waals surface area contributed by atoms with Crippen molar-refractivity contribution in [3.63, 3.8) is 0 Å². The van der Waals surface area contributed by atoms with Gasteiger partial charge in [-0.1, -0.05) is 54.6 Å². The number of fused-ring (bicyclic) bond motifs is 2. The minimum Gasteiger partial charge on any atom is -0.454 e. The molecule has 3 aliphatic heterocycles. The van der Waals surface area contributed by atoms with Crippen LogP contribution in [0.25, 0.3) is 0 Å². The summed E-state index contributed by atoms with van der Waals surface area (Å²) in [5, 5.41) is 0. The Morgan fingerprint density at radius 1 is 0.829 bits per heavy atom. The number of hydrogen-bond acceptors (Lipinski definition) is 6. The molecule has 0 saturated carbocycles. The number of para-hydroxylation sites is 1. The first kappa shape index (κ1) is 21.7. The normalized spacial score (nSPS) is 21.0. The van der Waals surface area contributed by atoms with Gasteiger partial charge < -0.3 is 19.1 Å². The summed E-state index contributed by atoms with van der Waals surface area (Å²) < 4.78 is 16.5. The van der Waals surface area contributed by atoms with E-state index in [4.69, 9.17) is 14.2 Å². The van der Waals surface area contributed by atoms with Gasteiger partial charge in [-0.05, 0) is 29.3 Å². The first-order chi connectivity index (χ1) is 17.1. The summed E-state index contributed by atoms with van der Waals surface area (Å²) in [4.78, 5) is 31.0. The van der Waals surface area contributed by atoms with Crippen LogP contribution in [0.1, 0.15) is 23.1 Å². The highest BCUT2D eigenvalue weighted by Crippen LogP contribution is 2.47. The molecule has 3 heterocycles. The van der Waals surface area contributed by atoms with E-state index in [0.717, 1.165) is 47.8 Å². The van der Waals surface area contributed by atoms with Crippen LogP contribution in [-0.4, -0.2) is 54.6 Å². The van der Waals surface area contributed by atoms with Crippen LogP contribution in [0, 0.1) is 0 Å². The summed E-state index contributed by atoms with van der Waals surface area (Å²) in [5.74, 6) is 1.67. The summed E-state index contributed by atoms with van der Waals surface area (Å²) in [6, 6.07) is 22.9. The van der Waals surface area contributed by atoms with Gasteiger partial charge in [0.15, 0.2) is 11.5 Å². The standard InChI is InChI=1S/C28H26N2O5/c31-26(30-14-12-29(13-15-30)18-20-10-11-24-25(16-20)34-19-33-24)17-28(21-6-2-1-3-7-21)22-8-4-5-9-23(22)35-27(28)32/h1-11,16H,12-15,17-19H2. The largest absolute Gasteiger partial charge is 0.454 e. The van der Waals surface area contributed by atoms with Crippen molar-refractivity contribution in [1.29, 1.82) is 0 Å². The summed E-state index contributed by atoms with van der Waals surface area (Å²) in [7, 11) is 0. The molecule has 1 atom stereocenters. The topological polar surface area (TPSA) is 68.3 Å². The Labute approximate surface area is 203 Å². The van der Waals surface area contributed by atoms with Gasteiger partial charge in [-0.3, -0.25) is 14.5 Å². The molecule has 0 aliphatic carbocycles. The average molecular weight is 471 g/mol. The van der Waals surface area contributed by atoms with Gasteiger partial charge in [-0.25, -0.2) is 0 Å². The second-order valence-electron chi connectivity index (χ2n) is 9.18. The molecule has 3 aliphatic rings. The Balaban J connectivity index is 1.17. The van der Waals surface area contributed by atoms with E-state index in [-0.39, 0.29) is 25.1 Å². The number of rotatable bonds is 5. The average Bonchev–Trinajstić information content (AvgIpc) is 3.47. The number of nitrogens with zero attached hydrogens (tertiary/aromatic N) is 2. The van der Waals surface area contributed by atoms with Crippen molar-refractivity contribution < 1.29 is 23.8 Å². The second-order valence-corrected chi connectivity index (χ2v) is 9.18. The molecular weight excluding hydrogens is 444 g/mol. The van der Waals surface area contributed by atoms with Gasteiger partial charge in [0.25, 0.3) is 0 Å². The van der Waals surface area contributed by atoms with Crippen molar-refractivity contribution in [1.82, 2.24) is 9.80 Å². The van der Waals surface area contributed by atoms with Gasteiger partial charge in [0.1, 0.15) is 11.2 Å². The maximum atomic E-state index is 13.6. The lowest BCUT2D eigenvalue weighted by molar-refractivity contribution is -0.142. The van der Waals surface area contributed by atoms with Crippen molar-refractivity contribution in [3.05, 3.63) is 89.5 Å². The summed E-state index contributed by atoms with van der Waals surface area (Å²) in [5.41, 5.74) is 1.57. The molecule has 7 nitrogen and oxygen atoms in total. The molecule has 0 bridgehead atoms. The molecule has 1 unspecified atom stereocenters. The van der Waals surface area contributed by atoms with Crippen LogP contribution in [0.2, 0.25) is 0 Å². The molecule has 0 aromatic heterocycles. The van der Waals surface area contributed by atoms with Crippen LogP contribution in [-0.2, 0) is 21.5 Å². The molecule has 6 rings (SSSR count). The summed E-state index contributed by atoms with van der Waals surface area (Å²) >= 11 is 0. The lowest BCUT2D eigenvalue weighted by Gasteiger charge is -2.36. The molecule has 1 fully saturated rings. The van der Waals surface area contributed by atoms with Crippen LogP contribution in [0.15, 0.2) is 72.8 Å². The third kappa shape index (κ3) is 3.82. The van der Waals surface area contributed by atoms with E-state index in [1.807, 2.05) is 65.6 Å². The quantitative estimate of drug-likeness (QED) is 0.421. The van der Waals surface area contributed by atoms with E-state index in [0.29, 0.717) is 18.8 Å². The predicted octanol–water partition coefficient (Wildman–Crippen LogP) is 3.35. The van der Waals surface area contributed by atoms with Gasteiger partial charge in [0.2, 0.25) is 12.7 Å². The first-order valence-corrected chi connectivity index (χ1v) is 11.9. The van der Waals surface area contributed by atoms with Crippen molar-refractivity contribution in [3.8, 4) is 17.2 Å². The number of benzene rings is 3. The SMILES string of the molecule is O=C(CC1(c2ccccc2)C(=O)Oc2ccccc21)N1CCN(Cc2ccc3c(c2)OCO3)CC1. The highest BCUT2D eigenvalue weighted by atomic mass is 16.7. The fraction of sp³-hybridized carbons (Fsp3) is 0.286. The van der Waals surface area contributed by atoms with E-state index in [1.54, 1.807) is 6.07 Å². The molecule has 3 aromatic rings. The molecule has 0 radical (unpaired) electrons. The van der Waals surface area contributed by atoms with E-state index in [9.17, 15) is 9.59 Å². The number of amides is 1. The molecule has 178 valence electrons. The molecule has 7 heteroatoms. The summed E-state index contributed by atoms with van der Waals surface area (Å²) in [6.45, 7) is 3.81. The number of hydrogen-bond donors (Lipinski definition) is 0. The molecule has 35 heavy (non-hydrogen) atoms. The Hall–Kier alpha value is -3.84. The Bertz CT molecular complexity index is 1270. The van der Waals surface area contributed by atoms with Gasteiger partial charge in [-0.15, -0.1) is 0 Å². The molecule has 0 N–H and O–H groups in total. The minimum atomic E-state index is -1.13. The highest BCUT2D eigenvalue weighted by molar-refractivity contribution is 5.98. The number of carbonyl (C=O) groups is 2. The van der Waals surface area contributed by atoms with Crippen molar-refractivity contribution in [2.24, 2.45) is 0 Å². The molecule has 1 saturated heterocycles. The fourth-order valence-corrected chi connectivity index (χ4v) is 5.26. The number of ether oxygens (including phenoxy) is 3. The third-order valence-corrected chi connectivity index (χ3v) is 7.15. The zero-order chi connectivity index (χ0) is 23.8. The van der Waals surface area contributed by atoms with Crippen LogP contribution in [0.3, 0.4) is 0 Å². The maximum absolute atomic E-state index is 13.6. The predicted molar refractivity (Wildman–Crippen MR) is 128 cm³/mol. The third-order valence-electron chi connectivity index (χ3n) is 7.15. The van der Waals surface area contributed by atoms with Gasteiger partial charge >= 0.3 is 5.97 Å². The molecular formula is C28H26N2O5. The van der Waals surface area contributed by atoms with Crippen LogP contribution >= 0.6 is 0 Å². The van der Waals surface area contributed by atoms with Gasteiger partial charge in [0, 0.05) is 38.3 Å². The molecule has 0 spiro atoms. The van der Waals surface area contributed by atoms with Crippen LogP contribution in [0.4, 0.5) is 0 Å². The van der Waals surface area contributed by atoms with E-state index in [2.05, 4.69) is 11.0 Å². The number of esters is 1. The Morgan fingerprint density at radius 2 is 1.57 bits per heavy atom. The van der Waals surface area contributed by atoms with Crippen LogP contribution in [0.5, 0.6) is 17.2 Å². The second kappa shape index (κ2) is 8.74. The first-order valence-electron chi connectivity index (χ1n) is 11.9. The van der Waals surface area contributed by atoms with Gasteiger partial charge in [-0.2, -0.15) is 0 Å². The lowest BCUT2D eigenvalue weighted by atomic mass is 9.72. The smallest absolute Gasteiger partial charge is 0.327 e. The van der Waals surface area contributed by atoms with E-state index >= 15 is 0 Å². The maximum Gasteiger partial charge on any atom is 0.327 e. The Kier molecular flexibility index (Phi) is 5.41. The lowest BCUT2D eigenvalue weighted by Crippen LogP contribution is -2.50. The van der Waals surface area contributed by atoms with E-state index in [1.165, 1.54) is 0 Å². The number of piperazine rings is 1. The van der Waals surface area contributed by atoms with Crippen molar-refractivity contribution >= 4 is 11.9 Å². The van der Waals surface area contributed by atoms with E-state index < -0.39 is 5.41 Å². The van der Waals surface area contributed by atoms with Gasteiger partial charge in [0.05, 0.1) is 6.42 Å². The highest BCUT2D eigenvalue weighted by Gasteiger charge is 2.52. The summed E-state index contributed by atoms with van der Waals surface area (Å²) in [6.07, 6.45) is 0.0506. The Morgan fingerprint density at radius 3 is 2.40 bits per heavy atom. The number of carbonyl (C=O) groups excluding carboxylic acids is 2. The van der Waals surface area contributed by atoms with Crippen molar-refractivity contribution in [2.45, 2.75) is 18.4 Å². The minimum absolute atomic E-state index is 0.0368. The monoisotopic (exact) mass is 470 g/mol. The zero-order valence-electron chi connectivity index (χ0n) is 19.3. The fourth-order valence-electron chi connectivity index (χ4n) is 5.26.